The number of methoxy groups -OCH3 is 1. The van der Waals surface area contributed by atoms with Gasteiger partial charge >= 0.3 is 0 Å². The third-order valence-electron chi connectivity index (χ3n) is 2.19. The van der Waals surface area contributed by atoms with Crippen molar-refractivity contribution < 1.29 is 9.47 Å². The van der Waals surface area contributed by atoms with Crippen molar-refractivity contribution in [3.8, 4) is 17.2 Å². The van der Waals surface area contributed by atoms with Gasteiger partial charge in [-0.2, -0.15) is 0 Å². The van der Waals surface area contributed by atoms with Gasteiger partial charge in [-0.25, -0.2) is 0 Å². The molecule has 0 atom stereocenters. The van der Waals surface area contributed by atoms with E-state index in [9.17, 15) is 0 Å². The average Bonchev–Trinajstić information content (AvgIpc) is 2.35. The van der Waals surface area contributed by atoms with E-state index in [0.717, 1.165) is 5.75 Å². The molecule has 0 N–H and O–H groups in total. The summed E-state index contributed by atoms with van der Waals surface area (Å²) in [5.74, 6) is 1.89. The fourth-order valence-electron chi connectivity index (χ4n) is 1.35. The van der Waals surface area contributed by atoms with Crippen molar-refractivity contribution in [2.45, 2.75) is 0 Å². The molecule has 17 heavy (non-hydrogen) atoms. The molecule has 2 nitrogen and oxygen atoms in total. The molecule has 0 spiro atoms. The highest BCUT2D eigenvalue weighted by atomic mass is 35.5. The summed E-state index contributed by atoms with van der Waals surface area (Å²) in [5, 5.41) is 0.865. The van der Waals surface area contributed by atoms with Crippen LogP contribution < -0.4 is 9.47 Å². The van der Waals surface area contributed by atoms with Crippen LogP contribution in [0.1, 0.15) is 0 Å². The summed E-state index contributed by atoms with van der Waals surface area (Å²) in [6.07, 6.45) is 0. The van der Waals surface area contributed by atoms with E-state index in [1.54, 1.807) is 31.4 Å². The first kappa shape index (κ1) is 12.1. The predicted octanol–water partition coefficient (Wildman–Crippen LogP) is 4.79. The van der Waals surface area contributed by atoms with Gasteiger partial charge < -0.3 is 9.47 Å². The molecule has 0 aliphatic rings. The van der Waals surface area contributed by atoms with Crippen molar-refractivity contribution in [1.82, 2.24) is 0 Å². The maximum atomic E-state index is 6.03. The number of benzene rings is 2. The molecular weight excluding hydrogens is 259 g/mol. The van der Waals surface area contributed by atoms with Crippen LogP contribution in [0.25, 0.3) is 0 Å². The van der Waals surface area contributed by atoms with E-state index in [2.05, 4.69) is 0 Å². The maximum absolute atomic E-state index is 6.03. The molecule has 0 aliphatic carbocycles. The van der Waals surface area contributed by atoms with Crippen molar-refractivity contribution in [2.24, 2.45) is 0 Å². The summed E-state index contributed by atoms with van der Waals surface area (Å²) in [4.78, 5) is 0. The third-order valence-corrected chi connectivity index (χ3v) is 2.99. The quantitative estimate of drug-likeness (QED) is 0.797. The van der Waals surface area contributed by atoms with Gasteiger partial charge in [-0.3, -0.25) is 0 Å². The van der Waals surface area contributed by atoms with Crippen LogP contribution in [-0.4, -0.2) is 7.11 Å². The first-order chi connectivity index (χ1) is 8.20. The summed E-state index contributed by atoms with van der Waals surface area (Å²) in [5.41, 5.74) is 0. The maximum Gasteiger partial charge on any atom is 0.147 e. The number of rotatable bonds is 3. The molecule has 0 fully saturated rings. The first-order valence-electron chi connectivity index (χ1n) is 4.96. The van der Waals surface area contributed by atoms with Gasteiger partial charge in [-0.1, -0.05) is 35.3 Å². The Bertz CT molecular complexity index is 527. The van der Waals surface area contributed by atoms with Gasteiger partial charge in [-0.05, 0) is 24.3 Å². The molecule has 0 radical (unpaired) electrons. The SMILES string of the molecule is COc1cccc(Oc2cccc(Cl)c2Cl)c1. The van der Waals surface area contributed by atoms with Crippen LogP contribution in [0, 0.1) is 0 Å². The summed E-state index contributed by atoms with van der Waals surface area (Å²) >= 11 is 11.9. The molecule has 0 unspecified atom stereocenters. The van der Waals surface area contributed by atoms with Crippen molar-refractivity contribution in [2.75, 3.05) is 7.11 Å². The van der Waals surface area contributed by atoms with Crippen LogP contribution >= 0.6 is 23.2 Å². The van der Waals surface area contributed by atoms with Gasteiger partial charge in [0.25, 0.3) is 0 Å². The molecule has 0 aliphatic heterocycles. The molecular formula is C13H10Cl2O2. The molecule has 0 bridgehead atoms. The summed E-state index contributed by atoms with van der Waals surface area (Å²) in [7, 11) is 1.60. The van der Waals surface area contributed by atoms with E-state index >= 15 is 0 Å². The van der Waals surface area contributed by atoms with E-state index in [4.69, 9.17) is 32.7 Å². The minimum absolute atomic E-state index is 0.400. The number of hydrogen-bond acceptors (Lipinski definition) is 2. The minimum atomic E-state index is 0.400. The minimum Gasteiger partial charge on any atom is -0.497 e. The molecule has 0 aromatic heterocycles. The van der Waals surface area contributed by atoms with Crippen LogP contribution in [0.3, 0.4) is 0 Å². The van der Waals surface area contributed by atoms with Crippen molar-refractivity contribution in [3.63, 3.8) is 0 Å². The molecule has 2 aromatic rings. The lowest BCUT2D eigenvalue weighted by molar-refractivity contribution is 0.409. The normalized spacial score (nSPS) is 10.1. The molecule has 4 heteroatoms. The number of halogens is 2. The Morgan fingerprint density at radius 1 is 0.941 bits per heavy atom. The average molecular weight is 269 g/mol. The summed E-state index contributed by atoms with van der Waals surface area (Å²) in [6.45, 7) is 0. The largest absolute Gasteiger partial charge is 0.497 e. The second-order valence-electron chi connectivity index (χ2n) is 3.33. The number of hydrogen-bond donors (Lipinski definition) is 0. The predicted molar refractivity (Wildman–Crippen MR) is 69.5 cm³/mol. The Morgan fingerprint density at radius 2 is 1.65 bits per heavy atom. The Balaban J connectivity index is 2.28. The van der Waals surface area contributed by atoms with E-state index in [0.29, 0.717) is 21.5 Å². The van der Waals surface area contributed by atoms with Crippen LogP contribution in [0.2, 0.25) is 10.0 Å². The smallest absolute Gasteiger partial charge is 0.147 e. The Labute approximate surface area is 110 Å². The molecule has 2 rings (SSSR count). The van der Waals surface area contributed by atoms with Gasteiger partial charge in [-0.15, -0.1) is 0 Å². The lowest BCUT2D eigenvalue weighted by atomic mass is 10.3. The van der Waals surface area contributed by atoms with Crippen LogP contribution in [-0.2, 0) is 0 Å². The van der Waals surface area contributed by atoms with Gasteiger partial charge in [0, 0.05) is 6.07 Å². The summed E-state index contributed by atoms with van der Waals surface area (Å²) in [6, 6.07) is 12.5. The standard InChI is InChI=1S/C13H10Cl2O2/c1-16-9-4-2-5-10(8-9)17-12-7-3-6-11(14)13(12)15/h2-8H,1H3. The fourth-order valence-corrected chi connectivity index (χ4v) is 1.68. The monoisotopic (exact) mass is 268 g/mol. The molecule has 88 valence electrons. The van der Waals surface area contributed by atoms with E-state index in [-0.39, 0.29) is 0 Å². The van der Waals surface area contributed by atoms with Crippen LogP contribution in [0.5, 0.6) is 17.2 Å². The molecule has 0 amide bonds. The molecule has 0 saturated carbocycles. The van der Waals surface area contributed by atoms with E-state index < -0.39 is 0 Å². The Kier molecular flexibility index (Phi) is 3.77. The zero-order valence-electron chi connectivity index (χ0n) is 9.11. The lowest BCUT2D eigenvalue weighted by Gasteiger charge is -2.09. The van der Waals surface area contributed by atoms with Crippen LogP contribution in [0.4, 0.5) is 0 Å². The zero-order chi connectivity index (χ0) is 12.3. The molecule has 0 heterocycles. The highest BCUT2D eigenvalue weighted by molar-refractivity contribution is 6.42. The van der Waals surface area contributed by atoms with Crippen molar-refractivity contribution >= 4 is 23.2 Å². The van der Waals surface area contributed by atoms with Gasteiger partial charge in [0.1, 0.15) is 22.3 Å². The zero-order valence-corrected chi connectivity index (χ0v) is 10.6. The Hall–Kier alpha value is -1.38. The van der Waals surface area contributed by atoms with Gasteiger partial charge in [0.2, 0.25) is 0 Å². The fraction of sp³-hybridized carbons (Fsp3) is 0.0769. The Morgan fingerprint density at radius 3 is 2.41 bits per heavy atom. The second-order valence-corrected chi connectivity index (χ2v) is 4.12. The van der Waals surface area contributed by atoms with Gasteiger partial charge in [0.05, 0.1) is 12.1 Å². The molecule has 2 aromatic carbocycles. The van der Waals surface area contributed by atoms with Gasteiger partial charge in [0.15, 0.2) is 0 Å². The lowest BCUT2D eigenvalue weighted by Crippen LogP contribution is -1.87. The first-order valence-corrected chi connectivity index (χ1v) is 5.72. The topological polar surface area (TPSA) is 18.5 Å². The highest BCUT2D eigenvalue weighted by Gasteiger charge is 2.06. The van der Waals surface area contributed by atoms with Crippen LogP contribution in [0.15, 0.2) is 42.5 Å². The van der Waals surface area contributed by atoms with E-state index in [1.807, 2.05) is 18.2 Å². The highest BCUT2D eigenvalue weighted by Crippen LogP contribution is 2.35. The number of ether oxygens (including phenoxy) is 2. The second kappa shape index (κ2) is 5.30. The van der Waals surface area contributed by atoms with Crippen molar-refractivity contribution in [1.29, 1.82) is 0 Å². The van der Waals surface area contributed by atoms with Crippen molar-refractivity contribution in [3.05, 3.63) is 52.5 Å². The molecule has 0 saturated heterocycles. The summed E-state index contributed by atoms with van der Waals surface area (Å²) < 4.78 is 10.7. The van der Waals surface area contributed by atoms with E-state index in [1.165, 1.54) is 0 Å². The third kappa shape index (κ3) is 2.84.